The fraction of sp³-hybridized carbons (Fsp3) is 0.440. The van der Waals surface area contributed by atoms with Crippen LogP contribution >= 0.6 is 24.8 Å². The number of aromatic carboxylic acids is 1. The minimum Gasteiger partial charge on any atom is -0.477 e. The Bertz CT molecular complexity index is 1240. The van der Waals surface area contributed by atoms with Crippen molar-refractivity contribution in [2.75, 3.05) is 19.6 Å². The second kappa shape index (κ2) is 10.5. The summed E-state index contributed by atoms with van der Waals surface area (Å²) < 4.78 is 2.26. The van der Waals surface area contributed by atoms with Crippen LogP contribution in [0.3, 0.4) is 0 Å². The molecule has 2 fully saturated rings. The molecule has 3 aromatic rings. The van der Waals surface area contributed by atoms with Crippen LogP contribution in [0.25, 0.3) is 22.2 Å². The molecule has 2 unspecified atom stereocenters. The van der Waals surface area contributed by atoms with Gasteiger partial charge in [0.1, 0.15) is 5.56 Å². The molecule has 2 aliphatic rings. The summed E-state index contributed by atoms with van der Waals surface area (Å²) in [5.41, 5.74) is 4.07. The molecular weight excluding hydrogens is 475 g/mol. The number of aryl methyl sites for hydroxylation is 2. The quantitative estimate of drug-likeness (QED) is 0.489. The van der Waals surface area contributed by atoms with Crippen molar-refractivity contribution < 1.29 is 9.90 Å². The second-order valence-electron chi connectivity index (χ2n) is 9.20. The van der Waals surface area contributed by atoms with E-state index in [9.17, 15) is 14.7 Å². The minimum atomic E-state index is -1.20. The third kappa shape index (κ3) is 4.75. The van der Waals surface area contributed by atoms with Gasteiger partial charge in [0.2, 0.25) is 0 Å². The number of rotatable bonds is 5. The number of halogens is 2. The van der Waals surface area contributed by atoms with Crippen molar-refractivity contribution in [2.24, 2.45) is 13.0 Å². The summed E-state index contributed by atoms with van der Waals surface area (Å²) in [6.07, 6.45) is 3.24. The zero-order valence-corrected chi connectivity index (χ0v) is 21.1. The lowest BCUT2D eigenvalue weighted by molar-refractivity contribution is 0.0695. The SMILES string of the molecule is CCc1cc(C(=O)O)c(=O)[nH]c1-c1ccc2c(c1)cc(CN1CC3CCCNC3C1)n2C.Cl.Cl. The maximum atomic E-state index is 12.3. The Balaban J connectivity index is 0.00000162. The van der Waals surface area contributed by atoms with Gasteiger partial charge in [-0.3, -0.25) is 9.69 Å². The first-order valence-electron chi connectivity index (χ1n) is 11.5. The Morgan fingerprint density at radius 1 is 1.18 bits per heavy atom. The molecular formula is C25H32Cl2N4O3. The van der Waals surface area contributed by atoms with Crippen molar-refractivity contribution >= 4 is 41.7 Å². The molecule has 0 radical (unpaired) electrons. The molecule has 1 aromatic carbocycles. The zero-order valence-electron chi connectivity index (χ0n) is 19.5. The lowest BCUT2D eigenvalue weighted by Crippen LogP contribution is -2.40. The Labute approximate surface area is 211 Å². The van der Waals surface area contributed by atoms with Crippen LogP contribution in [-0.2, 0) is 20.0 Å². The molecule has 0 bridgehead atoms. The Morgan fingerprint density at radius 3 is 2.68 bits per heavy atom. The van der Waals surface area contributed by atoms with Gasteiger partial charge in [-0.1, -0.05) is 13.0 Å². The van der Waals surface area contributed by atoms with Crippen LogP contribution in [0.4, 0.5) is 0 Å². The predicted molar refractivity (Wildman–Crippen MR) is 140 cm³/mol. The van der Waals surface area contributed by atoms with E-state index in [1.807, 2.05) is 13.0 Å². The number of nitrogens with zero attached hydrogens (tertiary/aromatic N) is 2. The number of pyridine rings is 1. The number of hydrogen-bond donors (Lipinski definition) is 3. The molecule has 2 saturated heterocycles. The number of carbonyl (C=O) groups is 1. The molecule has 9 heteroatoms. The van der Waals surface area contributed by atoms with Crippen molar-refractivity contribution in [3.05, 3.63) is 57.5 Å². The number of carboxylic acid groups (broad SMARTS) is 1. The number of piperidine rings is 1. The molecule has 2 aromatic heterocycles. The first-order chi connectivity index (χ1) is 15.4. The van der Waals surface area contributed by atoms with Gasteiger partial charge < -0.3 is 20.0 Å². The lowest BCUT2D eigenvalue weighted by Gasteiger charge is -2.24. The van der Waals surface area contributed by atoms with Crippen LogP contribution < -0.4 is 10.9 Å². The molecule has 184 valence electrons. The maximum absolute atomic E-state index is 12.3. The summed E-state index contributed by atoms with van der Waals surface area (Å²) in [7, 11) is 2.11. The minimum absolute atomic E-state index is 0. The van der Waals surface area contributed by atoms with Gasteiger partial charge in [0, 0.05) is 49.3 Å². The Kier molecular flexibility index (Phi) is 8.14. The van der Waals surface area contributed by atoms with Gasteiger partial charge in [0.05, 0.1) is 5.69 Å². The van der Waals surface area contributed by atoms with Crippen molar-refractivity contribution in [3.63, 3.8) is 0 Å². The lowest BCUT2D eigenvalue weighted by atomic mass is 9.94. The van der Waals surface area contributed by atoms with Crippen LogP contribution in [0, 0.1) is 5.92 Å². The van der Waals surface area contributed by atoms with Gasteiger partial charge in [-0.05, 0) is 67.1 Å². The van der Waals surface area contributed by atoms with Crippen LogP contribution in [0.5, 0.6) is 0 Å². The van der Waals surface area contributed by atoms with E-state index >= 15 is 0 Å². The number of aromatic nitrogens is 2. The monoisotopic (exact) mass is 506 g/mol. The number of hydrogen-bond acceptors (Lipinski definition) is 4. The standard InChI is InChI=1S/C25H30N4O3.2ClH/c1-3-15-11-20(25(31)32)24(30)27-23(15)16-6-7-22-18(9-16)10-19(28(22)2)13-29-12-17-5-4-8-26-21(17)14-29;;/h6-7,9-11,17,21,26H,3-5,8,12-14H2,1-2H3,(H,27,30)(H,31,32);2*1H. The molecule has 0 amide bonds. The summed E-state index contributed by atoms with van der Waals surface area (Å²) in [4.78, 5) is 29.0. The summed E-state index contributed by atoms with van der Waals surface area (Å²) in [5.74, 6) is -0.435. The van der Waals surface area contributed by atoms with Gasteiger partial charge in [-0.25, -0.2) is 4.79 Å². The third-order valence-corrected chi connectivity index (χ3v) is 7.23. The number of fused-ring (bicyclic) bond motifs is 2. The Hall–Kier alpha value is -2.32. The molecule has 3 N–H and O–H groups in total. The van der Waals surface area contributed by atoms with Gasteiger partial charge in [0.15, 0.2) is 0 Å². The number of aromatic amines is 1. The summed E-state index contributed by atoms with van der Waals surface area (Å²) in [5, 5.41) is 14.1. The van der Waals surface area contributed by atoms with Gasteiger partial charge in [-0.2, -0.15) is 0 Å². The molecule has 5 rings (SSSR count). The first-order valence-corrected chi connectivity index (χ1v) is 11.5. The van der Waals surface area contributed by atoms with E-state index in [-0.39, 0.29) is 30.4 Å². The summed E-state index contributed by atoms with van der Waals surface area (Å²) in [6, 6.07) is 10.5. The average molecular weight is 507 g/mol. The normalized spacial score (nSPS) is 19.9. The van der Waals surface area contributed by atoms with E-state index in [1.165, 1.54) is 24.6 Å². The van der Waals surface area contributed by atoms with Crippen LogP contribution in [0.2, 0.25) is 0 Å². The Morgan fingerprint density at radius 2 is 1.97 bits per heavy atom. The molecule has 0 aliphatic carbocycles. The fourth-order valence-corrected chi connectivity index (χ4v) is 5.48. The predicted octanol–water partition coefficient (Wildman–Crippen LogP) is 3.82. The highest BCUT2D eigenvalue weighted by Gasteiger charge is 2.34. The largest absolute Gasteiger partial charge is 0.477 e. The van der Waals surface area contributed by atoms with Crippen molar-refractivity contribution in [2.45, 2.75) is 38.8 Å². The van der Waals surface area contributed by atoms with E-state index in [4.69, 9.17) is 0 Å². The maximum Gasteiger partial charge on any atom is 0.341 e. The average Bonchev–Trinajstić information content (AvgIpc) is 3.33. The van der Waals surface area contributed by atoms with E-state index in [2.05, 4.69) is 45.0 Å². The zero-order chi connectivity index (χ0) is 22.4. The van der Waals surface area contributed by atoms with E-state index in [1.54, 1.807) is 0 Å². The number of H-pyrrole nitrogens is 1. The molecule has 0 spiro atoms. The molecule has 7 nitrogen and oxygen atoms in total. The van der Waals surface area contributed by atoms with Crippen LogP contribution in [-0.4, -0.2) is 51.2 Å². The molecule has 0 saturated carbocycles. The van der Waals surface area contributed by atoms with E-state index in [0.717, 1.165) is 54.1 Å². The van der Waals surface area contributed by atoms with Crippen LogP contribution in [0.1, 0.15) is 41.4 Å². The first kappa shape index (κ1) is 26.3. The van der Waals surface area contributed by atoms with Gasteiger partial charge in [-0.15, -0.1) is 24.8 Å². The molecule has 4 heterocycles. The van der Waals surface area contributed by atoms with Gasteiger partial charge >= 0.3 is 5.97 Å². The highest BCUT2D eigenvalue weighted by Crippen LogP contribution is 2.30. The molecule has 2 aliphatic heterocycles. The molecule has 34 heavy (non-hydrogen) atoms. The van der Waals surface area contributed by atoms with Crippen molar-refractivity contribution in [1.82, 2.24) is 19.8 Å². The third-order valence-electron chi connectivity index (χ3n) is 7.23. The fourth-order valence-electron chi connectivity index (χ4n) is 5.48. The highest BCUT2D eigenvalue weighted by atomic mass is 35.5. The van der Waals surface area contributed by atoms with E-state index in [0.29, 0.717) is 18.2 Å². The van der Waals surface area contributed by atoms with Crippen LogP contribution in [0.15, 0.2) is 35.1 Å². The number of carboxylic acids is 1. The number of nitrogens with one attached hydrogen (secondary N) is 2. The second-order valence-corrected chi connectivity index (χ2v) is 9.20. The number of benzene rings is 1. The molecule has 2 atom stereocenters. The van der Waals surface area contributed by atoms with Crippen molar-refractivity contribution in [3.8, 4) is 11.3 Å². The summed E-state index contributed by atoms with van der Waals surface area (Å²) in [6.45, 7) is 6.29. The van der Waals surface area contributed by atoms with Crippen molar-refractivity contribution in [1.29, 1.82) is 0 Å². The van der Waals surface area contributed by atoms with E-state index < -0.39 is 11.5 Å². The smallest absolute Gasteiger partial charge is 0.341 e. The summed E-state index contributed by atoms with van der Waals surface area (Å²) >= 11 is 0. The highest BCUT2D eigenvalue weighted by molar-refractivity contribution is 5.89. The topological polar surface area (TPSA) is 90.4 Å². The number of likely N-dealkylation sites (tertiary alicyclic amines) is 1. The van der Waals surface area contributed by atoms with Gasteiger partial charge in [0.25, 0.3) is 5.56 Å².